The molecule has 3 heterocycles. The Balaban J connectivity index is 1.88. The fourth-order valence-electron chi connectivity index (χ4n) is 7.94. The van der Waals surface area contributed by atoms with Gasteiger partial charge in [-0.25, -0.2) is 0 Å². The van der Waals surface area contributed by atoms with Gasteiger partial charge in [0.25, 0.3) is 0 Å². The molecule has 18 nitrogen and oxygen atoms in total. The number of aliphatic hydroxyl groups is 9. The molecule has 3 aliphatic rings. The SMILES string of the molecule is COC(=O)[C@H]1[C@@H]2C[C@@H](O[C@@H]3O[C@H](C)[C@@H](O)[C@H](N)[C@@H]3O)C=CC=CC=CC=CC=CC=CC=C[C@H](C)[C@@H](O)[C@H](C)[C@H](C)OC(=O)C[C@H](O)CC(O)CC(=O)CCC(O)[C@H](O)C[C@](O)(C[C@@H]1O)O2. The standard InChI is InChI=1S/C48H73NO17/c1-28-18-16-14-12-10-8-6-7-9-11-13-15-17-19-35(65-47-45(59)42(49)44(58)31(4)64-47)25-39-41(46(60)62-5)38(55)27-48(61,66-39)26-37(54)36(53)21-20-32(50)22-33(51)23-34(52)24-40(56)63-30(3)29(2)43(28)57/h6-19,28-31,33-39,41-45,47,51-55,57-59,61H,20-27,49H2,1-5H3/t28-,29+,30-,31+,33?,34+,35-,36?,37+,38-,39-,41+,42-,43+,44+,45-,47-,48+/m0/s1. The van der Waals surface area contributed by atoms with Gasteiger partial charge in [-0.15, -0.1) is 0 Å². The lowest BCUT2D eigenvalue weighted by atomic mass is 9.82. The first-order chi connectivity index (χ1) is 31.2. The third-order valence-corrected chi connectivity index (χ3v) is 12.1. The molecule has 18 heteroatoms. The van der Waals surface area contributed by atoms with Crippen LogP contribution in [0.2, 0.25) is 0 Å². The molecular formula is C48H73NO17. The second-order valence-electron chi connectivity index (χ2n) is 17.6. The quantitative estimate of drug-likeness (QED) is 0.177. The maximum absolute atomic E-state index is 13.0. The van der Waals surface area contributed by atoms with Gasteiger partial charge in [0, 0.05) is 50.4 Å². The van der Waals surface area contributed by atoms with Gasteiger partial charge < -0.3 is 75.4 Å². The van der Waals surface area contributed by atoms with Gasteiger partial charge in [-0.2, -0.15) is 0 Å². The molecule has 18 atom stereocenters. The van der Waals surface area contributed by atoms with Crippen molar-refractivity contribution in [3.63, 3.8) is 0 Å². The monoisotopic (exact) mass is 935 g/mol. The van der Waals surface area contributed by atoms with Crippen molar-refractivity contribution in [3.05, 3.63) is 85.1 Å². The van der Waals surface area contributed by atoms with Crippen molar-refractivity contribution in [2.24, 2.45) is 23.5 Å². The Morgan fingerprint density at radius 2 is 1.24 bits per heavy atom. The zero-order chi connectivity index (χ0) is 49.1. The third kappa shape index (κ3) is 18.4. The molecule has 66 heavy (non-hydrogen) atoms. The number of nitrogens with two attached hydrogens (primary N) is 1. The second kappa shape index (κ2) is 27.9. The second-order valence-corrected chi connectivity index (χ2v) is 17.6. The van der Waals surface area contributed by atoms with E-state index in [1.165, 1.54) is 0 Å². The van der Waals surface area contributed by atoms with E-state index in [4.69, 9.17) is 29.4 Å². The minimum absolute atomic E-state index is 0.262. The minimum atomic E-state index is -2.33. The van der Waals surface area contributed by atoms with Gasteiger partial charge in [-0.3, -0.25) is 14.4 Å². The molecule has 2 unspecified atom stereocenters. The number of ketones is 1. The average molecular weight is 936 g/mol. The first-order valence-electron chi connectivity index (χ1n) is 22.5. The first kappa shape index (κ1) is 56.6. The Morgan fingerprint density at radius 3 is 1.83 bits per heavy atom. The van der Waals surface area contributed by atoms with Gasteiger partial charge in [0.05, 0.1) is 80.6 Å². The molecule has 0 saturated carbocycles. The number of carbonyl (C=O) groups excluding carboxylic acids is 3. The molecule has 0 aliphatic carbocycles. The van der Waals surface area contributed by atoms with Crippen LogP contribution in [-0.2, 0) is 38.1 Å². The topological polar surface area (TPSA) is 305 Å². The van der Waals surface area contributed by atoms with Crippen LogP contribution < -0.4 is 5.73 Å². The third-order valence-electron chi connectivity index (χ3n) is 12.1. The van der Waals surface area contributed by atoms with Gasteiger partial charge in [0.2, 0.25) is 0 Å². The Morgan fingerprint density at radius 1 is 0.697 bits per heavy atom. The summed E-state index contributed by atoms with van der Waals surface area (Å²) >= 11 is 0. The van der Waals surface area contributed by atoms with E-state index in [9.17, 15) is 60.3 Å². The predicted octanol–water partition coefficient (Wildman–Crippen LogP) is 1.01. The zero-order valence-electron chi connectivity index (χ0n) is 38.4. The van der Waals surface area contributed by atoms with Crippen molar-refractivity contribution in [3.8, 4) is 0 Å². The van der Waals surface area contributed by atoms with E-state index >= 15 is 0 Å². The van der Waals surface area contributed by atoms with Crippen LogP contribution in [0.5, 0.6) is 0 Å². The van der Waals surface area contributed by atoms with Crippen LogP contribution >= 0.6 is 0 Å². The molecule has 372 valence electrons. The van der Waals surface area contributed by atoms with E-state index in [-0.39, 0.29) is 31.6 Å². The summed E-state index contributed by atoms with van der Waals surface area (Å²) in [5.74, 6) is -6.60. The number of cyclic esters (lactones) is 1. The number of rotatable bonds is 3. The van der Waals surface area contributed by atoms with Crippen LogP contribution in [0.25, 0.3) is 0 Å². The molecule has 11 N–H and O–H groups in total. The molecule has 0 radical (unpaired) electrons. The van der Waals surface area contributed by atoms with E-state index in [0.717, 1.165) is 7.11 Å². The Kier molecular flexibility index (Phi) is 23.9. The number of methoxy groups -OCH3 is 1. The summed E-state index contributed by atoms with van der Waals surface area (Å²) in [6.45, 7) is 6.74. The normalized spacial score (nSPS) is 40.4. The summed E-state index contributed by atoms with van der Waals surface area (Å²) in [6, 6.07) is -1.14. The van der Waals surface area contributed by atoms with Crippen molar-refractivity contribution in [1.82, 2.24) is 0 Å². The van der Waals surface area contributed by atoms with Crippen LogP contribution in [0, 0.1) is 17.8 Å². The molecule has 3 rings (SSSR count). The van der Waals surface area contributed by atoms with E-state index in [0.29, 0.717) is 0 Å². The lowest BCUT2D eigenvalue weighted by Crippen LogP contribution is -2.61. The molecule has 2 fully saturated rings. The van der Waals surface area contributed by atoms with Crippen molar-refractivity contribution in [2.75, 3.05) is 7.11 Å². The lowest BCUT2D eigenvalue weighted by Gasteiger charge is -2.45. The first-order valence-corrected chi connectivity index (χ1v) is 22.5. The van der Waals surface area contributed by atoms with E-state index in [2.05, 4.69) is 0 Å². The number of hydrogen-bond acceptors (Lipinski definition) is 18. The Bertz CT molecular complexity index is 1730. The number of Topliss-reactive ketones (excluding diaryl/α,β-unsaturated/α-hetero) is 1. The highest BCUT2D eigenvalue weighted by molar-refractivity contribution is 5.79. The summed E-state index contributed by atoms with van der Waals surface area (Å²) in [5.41, 5.74) is 6.05. The summed E-state index contributed by atoms with van der Waals surface area (Å²) in [4.78, 5) is 38.4. The molecular weight excluding hydrogens is 863 g/mol. The predicted molar refractivity (Wildman–Crippen MR) is 240 cm³/mol. The van der Waals surface area contributed by atoms with Crippen molar-refractivity contribution in [1.29, 1.82) is 0 Å². The fourth-order valence-corrected chi connectivity index (χ4v) is 7.94. The van der Waals surface area contributed by atoms with Gasteiger partial charge in [0.1, 0.15) is 23.9 Å². The van der Waals surface area contributed by atoms with Crippen LogP contribution in [0.1, 0.15) is 79.1 Å². The average Bonchev–Trinajstić information content (AvgIpc) is 3.24. The smallest absolute Gasteiger partial charge is 0.313 e. The maximum atomic E-state index is 13.0. The number of allylic oxidation sites excluding steroid dienone is 12. The highest BCUT2D eigenvalue weighted by Crippen LogP contribution is 2.38. The fraction of sp³-hybridized carbons (Fsp3) is 0.646. The number of aliphatic hydroxyl groups excluding tert-OH is 8. The molecule has 0 aromatic rings. The van der Waals surface area contributed by atoms with E-state index < -0.39 is 147 Å². The van der Waals surface area contributed by atoms with E-state index in [1.807, 2.05) is 31.2 Å². The number of carbonyl (C=O) groups is 3. The lowest BCUT2D eigenvalue weighted by molar-refractivity contribution is -0.310. The van der Waals surface area contributed by atoms with Crippen LogP contribution in [0.4, 0.5) is 0 Å². The summed E-state index contributed by atoms with van der Waals surface area (Å²) in [7, 11) is 1.11. The van der Waals surface area contributed by atoms with Gasteiger partial charge in [-0.05, 0) is 20.3 Å². The van der Waals surface area contributed by atoms with Crippen LogP contribution in [0.15, 0.2) is 85.1 Å². The molecule has 2 bridgehead atoms. The van der Waals surface area contributed by atoms with Gasteiger partial charge in [-0.1, -0.05) is 98.9 Å². The van der Waals surface area contributed by atoms with Gasteiger partial charge in [0.15, 0.2) is 12.1 Å². The molecule has 2 saturated heterocycles. The van der Waals surface area contributed by atoms with Gasteiger partial charge >= 0.3 is 11.9 Å². The Hall–Kier alpha value is -3.73. The molecule has 0 amide bonds. The molecule has 0 aromatic heterocycles. The number of hydrogen-bond donors (Lipinski definition) is 10. The van der Waals surface area contributed by atoms with Crippen molar-refractivity contribution in [2.45, 2.75) is 170 Å². The van der Waals surface area contributed by atoms with Crippen LogP contribution in [0.3, 0.4) is 0 Å². The Labute approximate surface area is 387 Å². The van der Waals surface area contributed by atoms with Crippen molar-refractivity contribution >= 4 is 17.7 Å². The number of fused-ring (bicyclic) bond motifs is 2. The minimum Gasteiger partial charge on any atom is -0.469 e. The molecule has 0 spiro atoms. The van der Waals surface area contributed by atoms with Crippen molar-refractivity contribution < 1.29 is 84.0 Å². The largest absolute Gasteiger partial charge is 0.469 e. The summed E-state index contributed by atoms with van der Waals surface area (Å²) < 4.78 is 28.3. The molecule has 0 aromatic carbocycles. The zero-order valence-corrected chi connectivity index (χ0v) is 38.4. The summed E-state index contributed by atoms with van der Waals surface area (Å²) in [5, 5.41) is 97.8. The number of ether oxygens (including phenoxy) is 5. The highest BCUT2D eigenvalue weighted by atomic mass is 16.7. The maximum Gasteiger partial charge on any atom is 0.313 e. The van der Waals surface area contributed by atoms with E-state index in [1.54, 1.807) is 81.5 Å². The summed E-state index contributed by atoms with van der Waals surface area (Å²) in [6.07, 6.45) is 4.70. The number of esters is 2. The highest BCUT2D eigenvalue weighted by Gasteiger charge is 2.51. The molecule has 3 aliphatic heterocycles. The van der Waals surface area contributed by atoms with Crippen LogP contribution in [-0.4, -0.2) is 162 Å².